The number of aryl methyl sites for hydroxylation is 7. The van der Waals surface area contributed by atoms with Gasteiger partial charge in [-0.3, -0.25) is 4.98 Å². The molecule has 0 saturated heterocycles. The Bertz CT molecular complexity index is 1390. The highest BCUT2D eigenvalue weighted by atomic mass is 15.1. The molecule has 35 heavy (non-hydrogen) atoms. The zero-order valence-corrected chi connectivity index (χ0v) is 22.9. The fourth-order valence-corrected chi connectivity index (χ4v) is 5.46. The molecule has 182 valence electrons. The average Bonchev–Trinajstić information content (AvgIpc) is 3.06. The van der Waals surface area contributed by atoms with Gasteiger partial charge in [0.05, 0.1) is 11.2 Å². The van der Waals surface area contributed by atoms with Gasteiger partial charge in [-0.05, 0) is 95.7 Å². The summed E-state index contributed by atoms with van der Waals surface area (Å²) in [5.74, 6) is 1.05. The lowest BCUT2D eigenvalue weighted by Crippen LogP contribution is -2.32. The number of rotatable bonds is 6. The van der Waals surface area contributed by atoms with Crippen molar-refractivity contribution in [2.24, 2.45) is 0 Å². The summed E-state index contributed by atoms with van der Waals surface area (Å²) in [4.78, 5) is 10.0. The molecule has 4 rings (SSSR count). The molecule has 3 heteroatoms. The van der Waals surface area contributed by atoms with Crippen molar-refractivity contribution in [3.63, 3.8) is 0 Å². The van der Waals surface area contributed by atoms with Crippen LogP contribution in [0.25, 0.3) is 0 Å². The Morgan fingerprint density at radius 1 is 0.686 bits per heavy atom. The molecule has 0 aliphatic rings. The standard InChI is InChI=1S/C32H39N3/c1-20-11-10-12-27(15-20)18-30-23(4)17-29(24(5)34-30)32(8,9)35-26(7)33-25(6)31(35)19-28-14-13-21(2)22(3)16-28/h10-17H,18-19H2,1-9H3. The van der Waals surface area contributed by atoms with Crippen LogP contribution in [0.4, 0.5) is 0 Å². The highest BCUT2D eigenvalue weighted by Crippen LogP contribution is 2.34. The summed E-state index contributed by atoms with van der Waals surface area (Å²) in [7, 11) is 0. The van der Waals surface area contributed by atoms with E-state index in [-0.39, 0.29) is 5.54 Å². The van der Waals surface area contributed by atoms with Crippen LogP contribution in [-0.2, 0) is 18.4 Å². The van der Waals surface area contributed by atoms with Crippen LogP contribution in [0, 0.1) is 48.5 Å². The van der Waals surface area contributed by atoms with Crippen LogP contribution in [0.5, 0.6) is 0 Å². The molecular formula is C32H39N3. The molecule has 0 saturated carbocycles. The van der Waals surface area contributed by atoms with Gasteiger partial charge < -0.3 is 4.57 Å². The van der Waals surface area contributed by atoms with Gasteiger partial charge in [0, 0.05) is 29.9 Å². The van der Waals surface area contributed by atoms with E-state index in [4.69, 9.17) is 9.97 Å². The predicted octanol–water partition coefficient (Wildman–Crippen LogP) is 7.40. The molecule has 0 amide bonds. The monoisotopic (exact) mass is 465 g/mol. The minimum absolute atomic E-state index is 0.274. The Labute approximate surface area is 211 Å². The van der Waals surface area contributed by atoms with E-state index in [0.717, 1.165) is 35.7 Å². The quantitative estimate of drug-likeness (QED) is 0.297. The van der Waals surface area contributed by atoms with Crippen molar-refractivity contribution in [2.45, 2.75) is 80.7 Å². The third-order valence-corrected chi connectivity index (χ3v) is 7.46. The maximum atomic E-state index is 5.13. The third kappa shape index (κ3) is 4.96. The molecule has 4 aromatic rings. The van der Waals surface area contributed by atoms with E-state index < -0.39 is 0 Å². The molecule has 0 unspecified atom stereocenters. The molecule has 0 N–H and O–H groups in total. The number of hydrogen-bond donors (Lipinski definition) is 0. The second-order valence-corrected chi connectivity index (χ2v) is 10.7. The summed E-state index contributed by atoms with van der Waals surface area (Å²) in [6.45, 7) is 19.7. The first-order valence-electron chi connectivity index (χ1n) is 12.6. The maximum absolute atomic E-state index is 5.13. The zero-order valence-electron chi connectivity index (χ0n) is 22.9. The topological polar surface area (TPSA) is 30.7 Å². The lowest BCUT2D eigenvalue weighted by atomic mass is 9.89. The Kier molecular flexibility index (Phi) is 6.73. The molecular weight excluding hydrogens is 426 g/mol. The Morgan fingerprint density at radius 3 is 2.09 bits per heavy atom. The summed E-state index contributed by atoms with van der Waals surface area (Å²) in [5, 5.41) is 0. The average molecular weight is 466 g/mol. The van der Waals surface area contributed by atoms with E-state index in [0.29, 0.717) is 0 Å². The van der Waals surface area contributed by atoms with Gasteiger partial charge in [-0.15, -0.1) is 0 Å². The summed E-state index contributed by atoms with van der Waals surface area (Å²) in [5.41, 5.74) is 13.4. The molecule has 0 fully saturated rings. The number of nitrogens with zero attached hydrogens (tertiary/aromatic N) is 3. The predicted molar refractivity (Wildman–Crippen MR) is 147 cm³/mol. The number of imidazole rings is 1. The zero-order chi connectivity index (χ0) is 25.5. The highest BCUT2D eigenvalue weighted by Gasteiger charge is 2.31. The van der Waals surface area contributed by atoms with E-state index in [1.807, 2.05) is 0 Å². The Morgan fingerprint density at radius 2 is 1.40 bits per heavy atom. The van der Waals surface area contributed by atoms with Crippen molar-refractivity contribution in [1.29, 1.82) is 0 Å². The third-order valence-electron chi connectivity index (χ3n) is 7.46. The van der Waals surface area contributed by atoms with Gasteiger partial charge in [-0.2, -0.15) is 0 Å². The fraction of sp³-hybridized carbons (Fsp3) is 0.375. The van der Waals surface area contributed by atoms with E-state index in [1.54, 1.807) is 0 Å². The van der Waals surface area contributed by atoms with Crippen molar-refractivity contribution in [1.82, 2.24) is 14.5 Å². The molecule has 2 aromatic carbocycles. The van der Waals surface area contributed by atoms with E-state index in [1.165, 1.54) is 44.6 Å². The second-order valence-electron chi connectivity index (χ2n) is 10.7. The molecule has 0 spiro atoms. The first-order chi connectivity index (χ1) is 16.5. The maximum Gasteiger partial charge on any atom is 0.106 e. The SMILES string of the molecule is Cc1cccc(Cc2nc(C)c(C(C)(C)n3c(C)nc(C)c3Cc3ccc(C)c(C)c3)cc2C)c1. The Balaban J connectivity index is 1.74. The summed E-state index contributed by atoms with van der Waals surface area (Å²) < 4.78 is 2.43. The van der Waals surface area contributed by atoms with Gasteiger partial charge in [0.15, 0.2) is 0 Å². The Hall–Kier alpha value is -3.20. The summed E-state index contributed by atoms with van der Waals surface area (Å²) in [6, 6.07) is 17.9. The van der Waals surface area contributed by atoms with Crippen LogP contribution in [0.15, 0.2) is 48.5 Å². The van der Waals surface area contributed by atoms with Gasteiger partial charge in [0.1, 0.15) is 5.82 Å². The highest BCUT2D eigenvalue weighted by molar-refractivity contribution is 5.40. The van der Waals surface area contributed by atoms with Gasteiger partial charge in [-0.1, -0.05) is 54.1 Å². The van der Waals surface area contributed by atoms with Gasteiger partial charge in [0.25, 0.3) is 0 Å². The van der Waals surface area contributed by atoms with Crippen molar-refractivity contribution in [3.8, 4) is 0 Å². The van der Waals surface area contributed by atoms with Gasteiger partial charge in [0.2, 0.25) is 0 Å². The van der Waals surface area contributed by atoms with Crippen LogP contribution in [0.2, 0.25) is 0 Å². The fourth-order valence-electron chi connectivity index (χ4n) is 5.46. The van der Waals surface area contributed by atoms with Gasteiger partial charge >= 0.3 is 0 Å². The molecule has 0 bridgehead atoms. The van der Waals surface area contributed by atoms with Crippen molar-refractivity contribution >= 4 is 0 Å². The van der Waals surface area contributed by atoms with Crippen LogP contribution in [-0.4, -0.2) is 14.5 Å². The number of hydrogen-bond acceptors (Lipinski definition) is 2. The van der Waals surface area contributed by atoms with Crippen LogP contribution in [0.1, 0.15) is 81.4 Å². The largest absolute Gasteiger partial charge is 0.322 e. The van der Waals surface area contributed by atoms with Gasteiger partial charge in [-0.25, -0.2) is 4.98 Å². The van der Waals surface area contributed by atoms with E-state index in [9.17, 15) is 0 Å². The molecule has 0 aliphatic carbocycles. The molecule has 0 atom stereocenters. The summed E-state index contributed by atoms with van der Waals surface area (Å²) >= 11 is 0. The summed E-state index contributed by atoms with van der Waals surface area (Å²) in [6.07, 6.45) is 1.73. The molecule has 2 heterocycles. The molecule has 3 nitrogen and oxygen atoms in total. The van der Waals surface area contributed by atoms with Crippen molar-refractivity contribution < 1.29 is 0 Å². The van der Waals surface area contributed by atoms with E-state index >= 15 is 0 Å². The van der Waals surface area contributed by atoms with Crippen LogP contribution >= 0.6 is 0 Å². The number of pyridine rings is 1. The number of aromatic nitrogens is 3. The normalized spacial score (nSPS) is 11.8. The molecule has 2 aromatic heterocycles. The lowest BCUT2D eigenvalue weighted by molar-refractivity contribution is 0.410. The minimum Gasteiger partial charge on any atom is -0.322 e. The molecule has 0 aliphatic heterocycles. The van der Waals surface area contributed by atoms with Crippen molar-refractivity contribution in [2.75, 3.05) is 0 Å². The lowest BCUT2D eigenvalue weighted by Gasteiger charge is -2.33. The van der Waals surface area contributed by atoms with Crippen LogP contribution in [0.3, 0.4) is 0 Å². The smallest absolute Gasteiger partial charge is 0.106 e. The minimum atomic E-state index is -0.274. The van der Waals surface area contributed by atoms with Crippen LogP contribution < -0.4 is 0 Å². The van der Waals surface area contributed by atoms with Crippen molar-refractivity contribution in [3.05, 3.63) is 116 Å². The first-order valence-corrected chi connectivity index (χ1v) is 12.6. The van der Waals surface area contributed by atoms with E-state index in [2.05, 4.69) is 115 Å². The first kappa shape index (κ1) is 24.9. The second kappa shape index (κ2) is 9.45. The molecule has 0 radical (unpaired) electrons. The number of benzene rings is 2.